The molecule has 0 aromatic heterocycles. The highest BCUT2D eigenvalue weighted by Crippen LogP contribution is 2.40. The average molecular weight is 285 g/mol. The summed E-state index contributed by atoms with van der Waals surface area (Å²) in [6, 6.07) is 0.255. The monoisotopic (exact) mass is 285 g/mol. The van der Waals surface area contributed by atoms with Gasteiger partial charge in [0.25, 0.3) is 0 Å². The Bertz CT molecular complexity index is 303. The van der Waals surface area contributed by atoms with Gasteiger partial charge in [-0.2, -0.15) is 0 Å². The van der Waals surface area contributed by atoms with E-state index in [0.29, 0.717) is 11.3 Å². The minimum Gasteiger partial charge on any atom is -0.391 e. The Morgan fingerprint density at radius 2 is 1.55 bits per heavy atom. The lowest BCUT2D eigenvalue weighted by Gasteiger charge is -2.43. The van der Waals surface area contributed by atoms with Gasteiger partial charge in [0.05, 0.1) is 18.3 Å². The van der Waals surface area contributed by atoms with Gasteiger partial charge in [-0.3, -0.25) is 4.90 Å². The highest BCUT2D eigenvalue weighted by atomic mass is 16.5. The number of ether oxygens (including phenoxy) is 2. The second-order valence-corrected chi connectivity index (χ2v) is 7.51. The molecule has 4 nitrogen and oxygen atoms in total. The van der Waals surface area contributed by atoms with Crippen LogP contribution in [-0.4, -0.2) is 61.7 Å². The lowest BCUT2D eigenvalue weighted by molar-refractivity contribution is -0.0143. The molecule has 0 aromatic rings. The number of hydrogen-bond acceptors (Lipinski definition) is 4. The SMILES string of the molecule is COC1CN(C2CC(C(C)(C)C)CCC2O)CC1OC. The highest BCUT2D eigenvalue weighted by Gasteiger charge is 2.43. The van der Waals surface area contributed by atoms with Gasteiger partial charge in [-0.25, -0.2) is 0 Å². The van der Waals surface area contributed by atoms with Crippen molar-refractivity contribution in [1.82, 2.24) is 4.90 Å². The van der Waals surface area contributed by atoms with Gasteiger partial charge in [-0.1, -0.05) is 20.8 Å². The first-order chi connectivity index (χ1) is 9.36. The Kier molecular flexibility index (Phi) is 5.11. The maximum atomic E-state index is 10.4. The molecule has 1 saturated carbocycles. The summed E-state index contributed by atoms with van der Waals surface area (Å²) in [4.78, 5) is 2.38. The van der Waals surface area contributed by atoms with E-state index < -0.39 is 0 Å². The molecule has 1 aliphatic heterocycles. The average Bonchev–Trinajstić information content (AvgIpc) is 2.80. The van der Waals surface area contributed by atoms with E-state index in [4.69, 9.17) is 9.47 Å². The van der Waals surface area contributed by atoms with Gasteiger partial charge in [-0.15, -0.1) is 0 Å². The Morgan fingerprint density at radius 3 is 2.00 bits per heavy atom. The molecule has 1 aliphatic carbocycles. The van der Waals surface area contributed by atoms with E-state index in [9.17, 15) is 5.11 Å². The first-order valence-corrected chi connectivity index (χ1v) is 7.84. The minimum absolute atomic E-state index is 0.127. The number of methoxy groups -OCH3 is 2. The molecule has 5 unspecified atom stereocenters. The second kappa shape index (κ2) is 6.30. The molecule has 1 N–H and O–H groups in total. The van der Waals surface area contributed by atoms with Crippen molar-refractivity contribution >= 4 is 0 Å². The van der Waals surface area contributed by atoms with Gasteiger partial charge < -0.3 is 14.6 Å². The molecule has 4 heteroatoms. The number of nitrogens with zero attached hydrogens (tertiary/aromatic N) is 1. The molecule has 2 rings (SSSR count). The summed E-state index contributed by atoms with van der Waals surface area (Å²) in [5.41, 5.74) is 0.319. The van der Waals surface area contributed by atoms with Crippen molar-refractivity contribution in [2.45, 2.75) is 64.4 Å². The van der Waals surface area contributed by atoms with Crippen LogP contribution in [0.1, 0.15) is 40.0 Å². The third-order valence-corrected chi connectivity index (χ3v) is 5.32. The summed E-state index contributed by atoms with van der Waals surface area (Å²) >= 11 is 0. The maximum Gasteiger partial charge on any atom is 0.0971 e. The number of hydrogen-bond donors (Lipinski definition) is 1. The van der Waals surface area contributed by atoms with E-state index in [2.05, 4.69) is 25.7 Å². The lowest BCUT2D eigenvalue weighted by atomic mass is 9.70. The fourth-order valence-electron chi connectivity index (χ4n) is 3.81. The van der Waals surface area contributed by atoms with E-state index in [0.717, 1.165) is 32.4 Å². The molecule has 0 bridgehead atoms. The van der Waals surface area contributed by atoms with Crippen LogP contribution in [0.15, 0.2) is 0 Å². The third kappa shape index (κ3) is 3.35. The lowest BCUT2D eigenvalue weighted by Crippen LogP contribution is -2.48. The van der Waals surface area contributed by atoms with Crippen LogP contribution < -0.4 is 0 Å². The first kappa shape index (κ1) is 16.2. The predicted molar refractivity (Wildman–Crippen MR) is 79.8 cm³/mol. The van der Waals surface area contributed by atoms with Crippen molar-refractivity contribution in [1.29, 1.82) is 0 Å². The predicted octanol–water partition coefficient (Wildman–Crippen LogP) is 1.91. The normalized spacial score (nSPS) is 40.2. The van der Waals surface area contributed by atoms with E-state index in [1.54, 1.807) is 14.2 Å². The summed E-state index contributed by atoms with van der Waals surface area (Å²) < 4.78 is 11.0. The Labute approximate surface area is 123 Å². The molecule has 2 aliphatic rings. The summed E-state index contributed by atoms with van der Waals surface area (Å²) in [5, 5.41) is 10.4. The third-order valence-electron chi connectivity index (χ3n) is 5.32. The molecule has 20 heavy (non-hydrogen) atoms. The van der Waals surface area contributed by atoms with E-state index >= 15 is 0 Å². The van der Waals surface area contributed by atoms with Crippen molar-refractivity contribution in [3.8, 4) is 0 Å². The summed E-state index contributed by atoms with van der Waals surface area (Å²) in [6.07, 6.45) is 3.18. The summed E-state index contributed by atoms with van der Waals surface area (Å²) in [6.45, 7) is 8.67. The highest BCUT2D eigenvalue weighted by molar-refractivity contribution is 4.96. The molecule has 118 valence electrons. The molecule has 0 aromatic carbocycles. The molecule has 0 radical (unpaired) electrons. The first-order valence-electron chi connectivity index (χ1n) is 7.84. The van der Waals surface area contributed by atoms with Crippen molar-refractivity contribution in [3.63, 3.8) is 0 Å². The zero-order valence-corrected chi connectivity index (χ0v) is 13.6. The topological polar surface area (TPSA) is 41.9 Å². The van der Waals surface area contributed by atoms with E-state index in [1.807, 2.05) is 0 Å². The van der Waals surface area contributed by atoms with Gasteiger partial charge in [0, 0.05) is 33.4 Å². The summed E-state index contributed by atoms with van der Waals surface area (Å²) in [5.74, 6) is 0.679. The molecule has 0 amide bonds. The minimum atomic E-state index is -0.207. The van der Waals surface area contributed by atoms with Crippen LogP contribution in [0.5, 0.6) is 0 Å². The zero-order chi connectivity index (χ0) is 14.9. The van der Waals surface area contributed by atoms with Crippen molar-refractivity contribution in [3.05, 3.63) is 0 Å². The Morgan fingerprint density at radius 1 is 1.00 bits per heavy atom. The Balaban J connectivity index is 2.03. The van der Waals surface area contributed by atoms with E-state index in [-0.39, 0.29) is 24.4 Å². The molecule has 0 spiro atoms. The quantitative estimate of drug-likeness (QED) is 0.860. The van der Waals surface area contributed by atoms with Crippen LogP contribution in [0.4, 0.5) is 0 Å². The van der Waals surface area contributed by atoms with Crippen LogP contribution in [0.3, 0.4) is 0 Å². The van der Waals surface area contributed by atoms with Crippen molar-refractivity contribution in [2.24, 2.45) is 11.3 Å². The van der Waals surface area contributed by atoms with Gasteiger partial charge in [-0.05, 0) is 30.6 Å². The standard InChI is InChI=1S/C16H31NO3/c1-16(2,3)11-6-7-13(18)12(8-11)17-9-14(19-4)15(10-17)20-5/h11-15,18H,6-10H2,1-5H3. The van der Waals surface area contributed by atoms with Crippen LogP contribution >= 0.6 is 0 Å². The van der Waals surface area contributed by atoms with Gasteiger partial charge >= 0.3 is 0 Å². The van der Waals surface area contributed by atoms with Gasteiger partial charge in [0.15, 0.2) is 0 Å². The molecule has 1 saturated heterocycles. The number of aliphatic hydroxyl groups is 1. The number of rotatable bonds is 3. The van der Waals surface area contributed by atoms with Crippen LogP contribution in [0.2, 0.25) is 0 Å². The van der Waals surface area contributed by atoms with Crippen LogP contribution in [0, 0.1) is 11.3 Å². The zero-order valence-electron chi connectivity index (χ0n) is 13.6. The maximum absolute atomic E-state index is 10.4. The van der Waals surface area contributed by atoms with Crippen LogP contribution in [0.25, 0.3) is 0 Å². The summed E-state index contributed by atoms with van der Waals surface area (Å²) in [7, 11) is 3.49. The van der Waals surface area contributed by atoms with Gasteiger partial charge in [0.2, 0.25) is 0 Å². The van der Waals surface area contributed by atoms with Crippen molar-refractivity contribution < 1.29 is 14.6 Å². The van der Waals surface area contributed by atoms with E-state index in [1.165, 1.54) is 0 Å². The number of likely N-dealkylation sites (tertiary alicyclic amines) is 1. The second-order valence-electron chi connectivity index (χ2n) is 7.51. The smallest absolute Gasteiger partial charge is 0.0971 e. The molecule has 1 heterocycles. The fraction of sp³-hybridized carbons (Fsp3) is 1.00. The fourth-order valence-corrected chi connectivity index (χ4v) is 3.81. The van der Waals surface area contributed by atoms with Crippen LogP contribution in [-0.2, 0) is 9.47 Å². The molecule has 2 fully saturated rings. The molecule has 5 atom stereocenters. The Hall–Kier alpha value is -0.160. The van der Waals surface area contributed by atoms with Gasteiger partial charge in [0.1, 0.15) is 0 Å². The number of aliphatic hydroxyl groups excluding tert-OH is 1. The van der Waals surface area contributed by atoms with Crippen molar-refractivity contribution in [2.75, 3.05) is 27.3 Å². The largest absolute Gasteiger partial charge is 0.391 e. The molecular formula is C16H31NO3. The molecular weight excluding hydrogens is 254 g/mol.